The molecule has 1 aromatic rings. The fourth-order valence-corrected chi connectivity index (χ4v) is 2.33. The molecule has 20 heavy (non-hydrogen) atoms. The highest BCUT2D eigenvalue weighted by molar-refractivity contribution is 5.81. The third-order valence-corrected chi connectivity index (χ3v) is 3.54. The highest BCUT2D eigenvalue weighted by atomic mass is 19.1. The van der Waals surface area contributed by atoms with Crippen LogP contribution in [0.1, 0.15) is 25.3 Å². The zero-order valence-corrected chi connectivity index (χ0v) is 11.7. The molecule has 1 aliphatic heterocycles. The second kappa shape index (κ2) is 6.81. The molecule has 1 fully saturated rings. The van der Waals surface area contributed by atoms with Gasteiger partial charge in [-0.05, 0) is 37.5 Å². The first-order valence-electron chi connectivity index (χ1n) is 6.96. The number of carbonyl (C=O) groups excluding carboxylic acids is 1. The van der Waals surface area contributed by atoms with Crippen LogP contribution >= 0.6 is 0 Å². The predicted molar refractivity (Wildman–Crippen MR) is 74.4 cm³/mol. The van der Waals surface area contributed by atoms with Gasteiger partial charge in [-0.25, -0.2) is 4.39 Å². The number of amides is 1. The minimum atomic E-state index is -0.438. The van der Waals surface area contributed by atoms with Crippen LogP contribution in [0.5, 0.6) is 0 Å². The molecule has 1 heterocycles. The lowest BCUT2D eigenvalue weighted by Gasteiger charge is -2.32. The van der Waals surface area contributed by atoms with Crippen LogP contribution in [0.15, 0.2) is 24.3 Å². The minimum Gasteiger partial charge on any atom is -0.373 e. The first kappa shape index (κ1) is 14.9. The average molecular weight is 280 g/mol. The van der Waals surface area contributed by atoms with E-state index in [-0.39, 0.29) is 17.8 Å². The van der Waals surface area contributed by atoms with Crippen molar-refractivity contribution in [1.29, 1.82) is 0 Å². The molecular weight excluding hydrogens is 259 g/mol. The molecule has 1 aromatic carbocycles. The zero-order valence-electron chi connectivity index (χ0n) is 11.7. The van der Waals surface area contributed by atoms with Crippen LogP contribution in [0.3, 0.4) is 0 Å². The van der Waals surface area contributed by atoms with E-state index in [4.69, 9.17) is 10.5 Å². The van der Waals surface area contributed by atoms with Gasteiger partial charge >= 0.3 is 0 Å². The average Bonchev–Trinajstić information content (AvgIpc) is 2.46. The Morgan fingerprint density at radius 3 is 2.55 bits per heavy atom. The van der Waals surface area contributed by atoms with Gasteiger partial charge in [0.15, 0.2) is 0 Å². The molecule has 1 amide bonds. The minimum absolute atomic E-state index is 0.00184. The molecule has 1 aliphatic rings. The molecule has 110 valence electrons. The number of nitrogens with zero attached hydrogens (tertiary/aromatic N) is 1. The van der Waals surface area contributed by atoms with Crippen molar-refractivity contribution in [3.05, 3.63) is 35.6 Å². The SMILES string of the molecule is C[C@H](N)C(=O)N1CCC(OCc2ccc(F)cc2)CC1. The molecule has 4 nitrogen and oxygen atoms in total. The number of likely N-dealkylation sites (tertiary alicyclic amines) is 1. The van der Waals surface area contributed by atoms with Gasteiger partial charge in [-0.2, -0.15) is 0 Å². The molecule has 0 unspecified atom stereocenters. The maximum absolute atomic E-state index is 12.8. The van der Waals surface area contributed by atoms with Gasteiger partial charge in [-0.15, -0.1) is 0 Å². The summed E-state index contributed by atoms with van der Waals surface area (Å²) in [5.74, 6) is -0.238. The number of nitrogens with two attached hydrogens (primary N) is 1. The Hall–Kier alpha value is -1.46. The van der Waals surface area contributed by atoms with Crippen LogP contribution in [-0.2, 0) is 16.1 Å². The molecule has 2 rings (SSSR count). The van der Waals surface area contributed by atoms with Crippen LogP contribution in [0.25, 0.3) is 0 Å². The molecular formula is C15H21FN2O2. The highest BCUT2D eigenvalue weighted by Crippen LogP contribution is 2.16. The van der Waals surface area contributed by atoms with Crippen molar-refractivity contribution in [1.82, 2.24) is 4.90 Å². The van der Waals surface area contributed by atoms with Gasteiger partial charge < -0.3 is 15.4 Å². The van der Waals surface area contributed by atoms with Crippen LogP contribution < -0.4 is 5.73 Å². The topological polar surface area (TPSA) is 55.6 Å². The summed E-state index contributed by atoms with van der Waals surface area (Å²) in [7, 11) is 0. The Morgan fingerprint density at radius 1 is 1.40 bits per heavy atom. The van der Waals surface area contributed by atoms with Crippen LogP contribution in [0.4, 0.5) is 4.39 Å². The summed E-state index contributed by atoms with van der Waals surface area (Å²) in [4.78, 5) is 13.5. The van der Waals surface area contributed by atoms with Crippen molar-refractivity contribution in [2.75, 3.05) is 13.1 Å². The smallest absolute Gasteiger partial charge is 0.239 e. The van der Waals surface area contributed by atoms with Gasteiger partial charge in [-0.1, -0.05) is 12.1 Å². The summed E-state index contributed by atoms with van der Waals surface area (Å²) in [6.45, 7) is 3.56. The van der Waals surface area contributed by atoms with Crippen molar-refractivity contribution in [3.8, 4) is 0 Å². The Morgan fingerprint density at radius 2 is 2.00 bits per heavy atom. The van der Waals surface area contributed by atoms with Gasteiger partial charge in [0.1, 0.15) is 5.82 Å². The maximum atomic E-state index is 12.8. The summed E-state index contributed by atoms with van der Waals surface area (Å²) in [6.07, 6.45) is 1.79. The number of carbonyl (C=O) groups is 1. The second-order valence-corrected chi connectivity index (χ2v) is 5.25. The molecule has 0 bridgehead atoms. The summed E-state index contributed by atoms with van der Waals surface area (Å²) in [5.41, 5.74) is 6.55. The first-order chi connectivity index (χ1) is 9.56. The molecule has 0 aromatic heterocycles. The number of piperidine rings is 1. The lowest BCUT2D eigenvalue weighted by atomic mass is 10.1. The van der Waals surface area contributed by atoms with Crippen LogP contribution in [-0.4, -0.2) is 36.0 Å². The Labute approximate surface area is 118 Å². The van der Waals surface area contributed by atoms with E-state index in [1.54, 1.807) is 24.0 Å². The van der Waals surface area contributed by atoms with Gasteiger partial charge in [0.2, 0.25) is 5.91 Å². The quantitative estimate of drug-likeness (QED) is 0.913. The summed E-state index contributed by atoms with van der Waals surface area (Å²) in [5, 5.41) is 0. The number of hydrogen-bond acceptors (Lipinski definition) is 3. The number of benzene rings is 1. The fourth-order valence-electron chi connectivity index (χ4n) is 2.33. The van der Waals surface area contributed by atoms with Crippen LogP contribution in [0.2, 0.25) is 0 Å². The van der Waals surface area contributed by atoms with E-state index >= 15 is 0 Å². The van der Waals surface area contributed by atoms with Crippen molar-refractivity contribution in [2.24, 2.45) is 5.73 Å². The lowest BCUT2D eigenvalue weighted by Crippen LogP contribution is -2.47. The molecule has 1 saturated heterocycles. The molecule has 0 saturated carbocycles. The predicted octanol–water partition coefficient (Wildman–Crippen LogP) is 1.68. The third-order valence-electron chi connectivity index (χ3n) is 3.54. The van der Waals surface area contributed by atoms with E-state index in [1.165, 1.54) is 12.1 Å². The van der Waals surface area contributed by atoms with Crippen molar-refractivity contribution in [3.63, 3.8) is 0 Å². The van der Waals surface area contributed by atoms with Crippen molar-refractivity contribution >= 4 is 5.91 Å². The standard InChI is InChI=1S/C15H21FN2O2/c1-11(17)15(19)18-8-6-14(7-9-18)20-10-12-2-4-13(16)5-3-12/h2-5,11,14H,6-10,17H2,1H3/t11-/m0/s1. The monoisotopic (exact) mass is 280 g/mol. The highest BCUT2D eigenvalue weighted by Gasteiger charge is 2.24. The fraction of sp³-hybridized carbons (Fsp3) is 0.533. The van der Waals surface area contributed by atoms with E-state index < -0.39 is 6.04 Å². The molecule has 0 spiro atoms. The molecule has 2 N–H and O–H groups in total. The normalized spacial score (nSPS) is 18.1. The van der Waals surface area contributed by atoms with Crippen LogP contribution in [0, 0.1) is 5.82 Å². The largest absolute Gasteiger partial charge is 0.373 e. The maximum Gasteiger partial charge on any atom is 0.239 e. The summed E-state index contributed by atoms with van der Waals surface area (Å²) < 4.78 is 18.6. The van der Waals surface area contributed by atoms with Gasteiger partial charge in [-0.3, -0.25) is 4.79 Å². The van der Waals surface area contributed by atoms with Crippen molar-refractivity contribution in [2.45, 2.75) is 38.5 Å². The molecule has 0 aliphatic carbocycles. The number of rotatable bonds is 4. The molecule has 0 radical (unpaired) electrons. The van der Waals surface area contributed by atoms with Gasteiger partial charge in [0.05, 0.1) is 18.8 Å². The summed E-state index contributed by atoms with van der Waals surface area (Å²) in [6, 6.07) is 5.88. The molecule has 5 heteroatoms. The third kappa shape index (κ3) is 4.02. The van der Waals surface area contributed by atoms with E-state index in [1.807, 2.05) is 0 Å². The second-order valence-electron chi connectivity index (χ2n) is 5.25. The van der Waals surface area contributed by atoms with E-state index in [2.05, 4.69) is 0 Å². The van der Waals surface area contributed by atoms with Gasteiger partial charge in [0.25, 0.3) is 0 Å². The van der Waals surface area contributed by atoms with E-state index in [0.717, 1.165) is 18.4 Å². The van der Waals surface area contributed by atoms with Gasteiger partial charge in [0, 0.05) is 13.1 Å². The van der Waals surface area contributed by atoms with E-state index in [9.17, 15) is 9.18 Å². The van der Waals surface area contributed by atoms with Crippen molar-refractivity contribution < 1.29 is 13.9 Å². The van der Waals surface area contributed by atoms with E-state index in [0.29, 0.717) is 19.7 Å². The Bertz CT molecular complexity index is 440. The zero-order chi connectivity index (χ0) is 14.5. The number of halogens is 1. The Kier molecular flexibility index (Phi) is 5.09. The number of hydrogen-bond donors (Lipinski definition) is 1. The first-order valence-corrected chi connectivity index (χ1v) is 6.96. The lowest BCUT2D eigenvalue weighted by molar-refractivity contribution is -0.135. The summed E-state index contributed by atoms with van der Waals surface area (Å²) >= 11 is 0. The number of ether oxygens (including phenoxy) is 1. The molecule has 1 atom stereocenters. The Balaban J connectivity index is 1.74.